The summed E-state index contributed by atoms with van der Waals surface area (Å²) in [5.41, 5.74) is 5.81. The Morgan fingerprint density at radius 1 is 1.14 bits per heavy atom. The van der Waals surface area contributed by atoms with Gasteiger partial charge in [-0.25, -0.2) is 0 Å². The van der Waals surface area contributed by atoms with Gasteiger partial charge in [-0.05, 0) is 62.1 Å². The summed E-state index contributed by atoms with van der Waals surface area (Å²) in [6.45, 7) is 6.88. The monoisotopic (exact) mass is 294 g/mol. The lowest BCUT2D eigenvalue weighted by atomic mass is 10.1. The first-order chi connectivity index (χ1) is 10.6. The Morgan fingerprint density at radius 2 is 1.91 bits per heavy atom. The molecule has 1 aliphatic heterocycles. The highest BCUT2D eigenvalue weighted by atomic mass is 16.2. The molecule has 3 rings (SSSR count). The zero-order valence-electron chi connectivity index (χ0n) is 13.4. The van der Waals surface area contributed by atoms with Gasteiger partial charge < -0.3 is 10.2 Å². The van der Waals surface area contributed by atoms with Crippen molar-refractivity contribution < 1.29 is 4.79 Å². The van der Waals surface area contributed by atoms with Crippen molar-refractivity contribution in [2.75, 3.05) is 16.8 Å². The number of para-hydroxylation sites is 1. The van der Waals surface area contributed by atoms with E-state index in [1.165, 1.54) is 16.7 Å². The van der Waals surface area contributed by atoms with Crippen molar-refractivity contribution in [1.29, 1.82) is 0 Å². The first kappa shape index (κ1) is 14.6. The average molecular weight is 294 g/mol. The van der Waals surface area contributed by atoms with E-state index in [9.17, 15) is 4.79 Å². The van der Waals surface area contributed by atoms with Crippen LogP contribution >= 0.6 is 0 Å². The van der Waals surface area contributed by atoms with Crippen molar-refractivity contribution in [3.63, 3.8) is 0 Å². The van der Waals surface area contributed by atoms with Crippen LogP contribution in [-0.2, 0) is 11.2 Å². The van der Waals surface area contributed by atoms with Gasteiger partial charge in [0.25, 0.3) is 0 Å². The zero-order valence-corrected chi connectivity index (χ0v) is 13.4. The molecule has 114 valence electrons. The fourth-order valence-corrected chi connectivity index (χ4v) is 2.94. The number of carbonyl (C=O) groups is 1. The van der Waals surface area contributed by atoms with Crippen LogP contribution in [0.15, 0.2) is 42.5 Å². The molecule has 2 aromatic rings. The van der Waals surface area contributed by atoms with Gasteiger partial charge in [0.2, 0.25) is 5.91 Å². The highest BCUT2D eigenvalue weighted by Gasteiger charge is 2.27. The standard InChI is InChI=1S/C19H22N2O/c1-13-8-9-17(12-14(13)2)20-15(3)19(22)21-11-10-16-6-4-5-7-18(16)21/h4-9,12,15,20H,10-11H2,1-3H3/t15-/m1/s1. The summed E-state index contributed by atoms with van der Waals surface area (Å²) in [7, 11) is 0. The summed E-state index contributed by atoms with van der Waals surface area (Å²) in [4.78, 5) is 14.6. The van der Waals surface area contributed by atoms with Gasteiger partial charge in [0.05, 0.1) is 0 Å². The summed E-state index contributed by atoms with van der Waals surface area (Å²) in [6.07, 6.45) is 0.943. The molecule has 0 radical (unpaired) electrons. The lowest BCUT2D eigenvalue weighted by molar-refractivity contribution is -0.118. The molecule has 3 heteroatoms. The third-order valence-corrected chi connectivity index (χ3v) is 4.41. The molecule has 1 heterocycles. The summed E-state index contributed by atoms with van der Waals surface area (Å²) in [6, 6.07) is 14.1. The Balaban J connectivity index is 1.74. The highest BCUT2D eigenvalue weighted by Crippen LogP contribution is 2.28. The molecule has 1 N–H and O–H groups in total. The fourth-order valence-electron chi connectivity index (χ4n) is 2.94. The largest absolute Gasteiger partial charge is 0.374 e. The average Bonchev–Trinajstić information content (AvgIpc) is 2.94. The number of benzene rings is 2. The van der Waals surface area contributed by atoms with E-state index >= 15 is 0 Å². The molecule has 0 unspecified atom stereocenters. The molecule has 0 aliphatic carbocycles. The lowest BCUT2D eigenvalue weighted by Gasteiger charge is -2.23. The fraction of sp³-hybridized carbons (Fsp3) is 0.316. The minimum atomic E-state index is -0.242. The number of fused-ring (bicyclic) bond motifs is 1. The van der Waals surface area contributed by atoms with Gasteiger partial charge in [-0.2, -0.15) is 0 Å². The molecule has 3 nitrogen and oxygen atoms in total. The molecular weight excluding hydrogens is 272 g/mol. The number of nitrogens with one attached hydrogen (secondary N) is 1. The summed E-state index contributed by atoms with van der Waals surface area (Å²) < 4.78 is 0. The number of anilines is 2. The molecule has 0 aromatic heterocycles. The number of hydrogen-bond acceptors (Lipinski definition) is 2. The Labute approximate surface area is 132 Å². The molecule has 0 spiro atoms. The Bertz CT molecular complexity index is 708. The number of aryl methyl sites for hydroxylation is 2. The van der Waals surface area contributed by atoms with Crippen LogP contribution in [0.4, 0.5) is 11.4 Å². The van der Waals surface area contributed by atoms with Crippen LogP contribution in [0.3, 0.4) is 0 Å². The van der Waals surface area contributed by atoms with Crippen LogP contribution in [0.5, 0.6) is 0 Å². The first-order valence-electron chi connectivity index (χ1n) is 7.79. The van der Waals surface area contributed by atoms with Gasteiger partial charge in [-0.15, -0.1) is 0 Å². The highest BCUT2D eigenvalue weighted by molar-refractivity contribution is 6.00. The second-order valence-electron chi connectivity index (χ2n) is 6.03. The molecule has 1 amide bonds. The van der Waals surface area contributed by atoms with Crippen molar-refractivity contribution in [3.8, 4) is 0 Å². The van der Waals surface area contributed by atoms with E-state index in [1.807, 2.05) is 36.1 Å². The van der Waals surface area contributed by atoms with E-state index in [0.29, 0.717) is 0 Å². The Hall–Kier alpha value is -2.29. The van der Waals surface area contributed by atoms with Crippen LogP contribution in [-0.4, -0.2) is 18.5 Å². The van der Waals surface area contributed by atoms with E-state index < -0.39 is 0 Å². The normalized spacial score (nSPS) is 14.6. The molecular formula is C19H22N2O. The van der Waals surface area contributed by atoms with Crippen LogP contribution < -0.4 is 10.2 Å². The van der Waals surface area contributed by atoms with E-state index in [0.717, 1.165) is 24.3 Å². The second kappa shape index (κ2) is 5.84. The van der Waals surface area contributed by atoms with Crippen molar-refractivity contribution >= 4 is 17.3 Å². The molecule has 1 atom stereocenters. The van der Waals surface area contributed by atoms with Crippen molar-refractivity contribution in [1.82, 2.24) is 0 Å². The minimum Gasteiger partial charge on any atom is -0.374 e. The van der Waals surface area contributed by atoms with Crippen molar-refractivity contribution in [3.05, 3.63) is 59.2 Å². The third kappa shape index (κ3) is 2.71. The maximum atomic E-state index is 12.7. The van der Waals surface area contributed by atoms with Crippen LogP contribution in [0.2, 0.25) is 0 Å². The number of amides is 1. The van der Waals surface area contributed by atoms with Gasteiger partial charge in [0, 0.05) is 17.9 Å². The van der Waals surface area contributed by atoms with Crippen molar-refractivity contribution in [2.45, 2.75) is 33.2 Å². The molecule has 0 saturated heterocycles. The van der Waals surface area contributed by atoms with E-state index in [4.69, 9.17) is 0 Å². The van der Waals surface area contributed by atoms with E-state index in [-0.39, 0.29) is 11.9 Å². The maximum absolute atomic E-state index is 12.7. The van der Waals surface area contributed by atoms with Crippen LogP contribution in [0.25, 0.3) is 0 Å². The van der Waals surface area contributed by atoms with Crippen LogP contribution in [0.1, 0.15) is 23.6 Å². The Morgan fingerprint density at radius 3 is 2.68 bits per heavy atom. The van der Waals surface area contributed by atoms with E-state index in [1.54, 1.807) is 0 Å². The lowest BCUT2D eigenvalue weighted by Crippen LogP contribution is -2.40. The quantitative estimate of drug-likeness (QED) is 0.936. The summed E-state index contributed by atoms with van der Waals surface area (Å²) in [5.74, 6) is 0.128. The SMILES string of the molecule is Cc1ccc(N[C@H](C)C(=O)N2CCc3ccccc32)cc1C. The predicted octanol–water partition coefficient (Wildman–Crippen LogP) is 3.69. The van der Waals surface area contributed by atoms with Gasteiger partial charge in [-0.1, -0.05) is 24.3 Å². The second-order valence-corrected chi connectivity index (χ2v) is 6.03. The molecule has 0 saturated carbocycles. The summed E-state index contributed by atoms with van der Waals surface area (Å²) >= 11 is 0. The molecule has 2 aromatic carbocycles. The molecule has 0 fully saturated rings. The van der Waals surface area contributed by atoms with Crippen molar-refractivity contribution in [2.24, 2.45) is 0 Å². The topological polar surface area (TPSA) is 32.3 Å². The van der Waals surface area contributed by atoms with Gasteiger partial charge in [0.1, 0.15) is 6.04 Å². The Kier molecular flexibility index (Phi) is 3.88. The zero-order chi connectivity index (χ0) is 15.7. The third-order valence-electron chi connectivity index (χ3n) is 4.41. The molecule has 1 aliphatic rings. The minimum absolute atomic E-state index is 0.128. The number of hydrogen-bond donors (Lipinski definition) is 1. The molecule has 22 heavy (non-hydrogen) atoms. The van der Waals surface area contributed by atoms with Gasteiger partial charge in [-0.3, -0.25) is 4.79 Å². The van der Waals surface area contributed by atoms with Gasteiger partial charge in [0.15, 0.2) is 0 Å². The number of nitrogens with zero attached hydrogens (tertiary/aromatic N) is 1. The first-order valence-corrected chi connectivity index (χ1v) is 7.79. The maximum Gasteiger partial charge on any atom is 0.249 e. The number of rotatable bonds is 3. The van der Waals surface area contributed by atoms with E-state index in [2.05, 4.69) is 37.4 Å². The molecule has 0 bridgehead atoms. The smallest absolute Gasteiger partial charge is 0.249 e. The van der Waals surface area contributed by atoms with Gasteiger partial charge >= 0.3 is 0 Å². The number of carbonyl (C=O) groups excluding carboxylic acids is 1. The predicted molar refractivity (Wildman–Crippen MR) is 91.5 cm³/mol. The summed E-state index contributed by atoms with van der Waals surface area (Å²) in [5, 5.41) is 3.33. The van der Waals surface area contributed by atoms with Crippen LogP contribution in [0, 0.1) is 13.8 Å².